The van der Waals surface area contributed by atoms with Crippen molar-refractivity contribution in [3.05, 3.63) is 64.2 Å². The number of benzene rings is 2. The first kappa shape index (κ1) is 23.7. The Hall–Kier alpha value is -3.04. The van der Waals surface area contributed by atoms with Gasteiger partial charge in [0.05, 0.1) is 22.1 Å². The van der Waals surface area contributed by atoms with E-state index in [1.54, 1.807) is 44.4 Å². The monoisotopic (exact) mass is 494 g/mol. The zero-order valence-corrected chi connectivity index (χ0v) is 20.8. The van der Waals surface area contributed by atoms with Crippen molar-refractivity contribution in [2.75, 3.05) is 24.5 Å². The Morgan fingerprint density at radius 3 is 2.66 bits per heavy atom. The molecule has 1 fully saturated rings. The summed E-state index contributed by atoms with van der Waals surface area (Å²) < 4.78 is 29.2. The van der Waals surface area contributed by atoms with Gasteiger partial charge in [-0.3, -0.25) is 14.2 Å². The first-order valence-corrected chi connectivity index (χ1v) is 13.7. The number of carbonyl (C=O) groups is 1. The molecule has 0 atom stereocenters. The van der Waals surface area contributed by atoms with Crippen LogP contribution >= 0.6 is 0 Å². The van der Waals surface area contributed by atoms with Crippen molar-refractivity contribution in [3.63, 3.8) is 0 Å². The fraction of sp³-hybridized carbons (Fsp3) is 0.423. The third-order valence-electron chi connectivity index (χ3n) is 7.05. The summed E-state index contributed by atoms with van der Waals surface area (Å²) in [6.07, 6.45) is 5.87. The average molecular weight is 495 g/mol. The molecule has 3 heterocycles. The number of hydrogen-bond donors (Lipinski definition) is 0. The fourth-order valence-corrected chi connectivity index (χ4v) is 6.65. The molecule has 184 valence electrons. The van der Waals surface area contributed by atoms with Crippen molar-refractivity contribution >= 4 is 32.5 Å². The lowest BCUT2D eigenvalue weighted by molar-refractivity contribution is -0.118. The molecule has 0 spiro atoms. The summed E-state index contributed by atoms with van der Waals surface area (Å²) in [5.74, 6) is -0.0203. The van der Waals surface area contributed by atoms with E-state index in [0.29, 0.717) is 61.2 Å². The van der Waals surface area contributed by atoms with Gasteiger partial charge in [-0.1, -0.05) is 18.6 Å². The number of rotatable bonds is 6. The lowest BCUT2D eigenvalue weighted by Crippen LogP contribution is -2.35. The maximum Gasteiger partial charge on any atom is 0.261 e. The zero-order valence-electron chi connectivity index (χ0n) is 19.9. The maximum atomic E-state index is 13.0. The Labute approximate surface area is 205 Å². The lowest BCUT2D eigenvalue weighted by Gasteiger charge is -2.26. The van der Waals surface area contributed by atoms with E-state index in [-0.39, 0.29) is 11.5 Å². The van der Waals surface area contributed by atoms with Crippen LogP contribution < -0.4 is 10.5 Å². The number of hydrogen-bond acceptors (Lipinski definition) is 5. The van der Waals surface area contributed by atoms with E-state index >= 15 is 0 Å². The minimum Gasteiger partial charge on any atom is -0.312 e. The summed E-state index contributed by atoms with van der Waals surface area (Å²) >= 11 is 0. The van der Waals surface area contributed by atoms with Crippen LogP contribution in [0.4, 0.5) is 5.69 Å². The van der Waals surface area contributed by atoms with E-state index in [0.717, 1.165) is 36.1 Å². The van der Waals surface area contributed by atoms with Gasteiger partial charge < -0.3 is 4.90 Å². The molecule has 0 saturated carbocycles. The number of nitrogens with zero attached hydrogens (tertiary/aromatic N) is 4. The predicted molar refractivity (Wildman–Crippen MR) is 135 cm³/mol. The molecule has 5 rings (SSSR count). The Morgan fingerprint density at radius 2 is 1.86 bits per heavy atom. The van der Waals surface area contributed by atoms with Crippen LogP contribution in [0.3, 0.4) is 0 Å². The number of sulfonamides is 1. The standard InChI is InChI=1S/C26H30N4O4S/c1-19-7-5-8-22-25(19)27-18-28(26(22)32)13-6-9-24(31)30-16-12-20-17-21(10-11-23(20)30)35(33,34)29-14-3-2-4-15-29/h5,7-8,10-11,17-18H,2-4,6,9,12-16H2,1H3. The lowest BCUT2D eigenvalue weighted by atomic mass is 10.1. The summed E-state index contributed by atoms with van der Waals surface area (Å²) in [5, 5.41) is 0.586. The quantitative estimate of drug-likeness (QED) is 0.525. The highest BCUT2D eigenvalue weighted by atomic mass is 32.2. The molecule has 0 N–H and O–H groups in total. The van der Waals surface area contributed by atoms with E-state index in [1.807, 2.05) is 19.1 Å². The molecule has 1 amide bonds. The average Bonchev–Trinajstić information content (AvgIpc) is 3.30. The predicted octanol–water partition coefficient (Wildman–Crippen LogP) is 3.25. The largest absolute Gasteiger partial charge is 0.312 e. The minimum absolute atomic E-state index is 0.0203. The van der Waals surface area contributed by atoms with Crippen LogP contribution in [0.25, 0.3) is 10.9 Å². The van der Waals surface area contributed by atoms with Crippen LogP contribution in [0.1, 0.15) is 43.2 Å². The molecule has 2 aromatic carbocycles. The van der Waals surface area contributed by atoms with Crippen molar-refractivity contribution in [2.24, 2.45) is 0 Å². The third kappa shape index (κ3) is 4.50. The first-order chi connectivity index (χ1) is 16.9. The highest BCUT2D eigenvalue weighted by Crippen LogP contribution is 2.32. The first-order valence-electron chi connectivity index (χ1n) is 12.2. The molecular weight excluding hydrogens is 464 g/mol. The fourth-order valence-electron chi connectivity index (χ4n) is 5.08. The summed E-state index contributed by atoms with van der Waals surface area (Å²) in [4.78, 5) is 32.2. The molecule has 0 unspecified atom stereocenters. The number of fused-ring (bicyclic) bond motifs is 2. The SMILES string of the molecule is Cc1cccc2c(=O)n(CCCC(=O)N3CCc4cc(S(=O)(=O)N5CCCCC5)ccc43)cnc12. The number of carbonyl (C=O) groups excluding carboxylic acids is 1. The Morgan fingerprint density at radius 1 is 1.06 bits per heavy atom. The van der Waals surface area contributed by atoms with Crippen LogP contribution in [0, 0.1) is 6.92 Å². The molecule has 35 heavy (non-hydrogen) atoms. The summed E-state index contributed by atoms with van der Waals surface area (Å²) in [5.41, 5.74) is 3.25. The Balaban J connectivity index is 1.25. The van der Waals surface area contributed by atoms with E-state index < -0.39 is 10.0 Å². The van der Waals surface area contributed by atoms with Crippen LogP contribution in [-0.4, -0.2) is 47.8 Å². The second kappa shape index (κ2) is 9.54. The number of anilines is 1. The second-order valence-electron chi connectivity index (χ2n) is 9.37. The smallest absolute Gasteiger partial charge is 0.261 e. The normalized spacial score (nSPS) is 16.5. The molecule has 1 saturated heterocycles. The topological polar surface area (TPSA) is 92.6 Å². The molecule has 1 aromatic heterocycles. The second-order valence-corrected chi connectivity index (χ2v) is 11.3. The molecule has 0 aliphatic carbocycles. The van der Waals surface area contributed by atoms with Gasteiger partial charge >= 0.3 is 0 Å². The van der Waals surface area contributed by atoms with Crippen molar-refractivity contribution in [1.82, 2.24) is 13.9 Å². The van der Waals surface area contributed by atoms with Crippen molar-refractivity contribution < 1.29 is 13.2 Å². The number of aryl methyl sites for hydroxylation is 2. The molecule has 3 aromatic rings. The minimum atomic E-state index is -3.50. The van der Waals surface area contributed by atoms with E-state index in [4.69, 9.17) is 0 Å². The highest BCUT2D eigenvalue weighted by molar-refractivity contribution is 7.89. The van der Waals surface area contributed by atoms with Gasteiger partial charge in [-0.2, -0.15) is 4.31 Å². The van der Waals surface area contributed by atoms with Gasteiger partial charge in [-0.05, 0) is 68.0 Å². The van der Waals surface area contributed by atoms with Gasteiger partial charge in [0.1, 0.15) is 0 Å². The zero-order chi connectivity index (χ0) is 24.6. The summed E-state index contributed by atoms with van der Waals surface area (Å²) in [6, 6.07) is 10.7. The van der Waals surface area contributed by atoms with Gasteiger partial charge in [0.15, 0.2) is 0 Å². The molecular formula is C26H30N4O4S. The van der Waals surface area contributed by atoms with Gasteiger partial charge in [0.2, 0.25) is 15.9 Å². The molecule has 2 aliphatic heterocycles. The number of para-hydroxylation sites is 1. The molecule has 8 nitrogen and oxygen atoms in total. The molecule has 0 bridgehead atoms. The van der Waals surface area contributed by atoms with Gasteiger partial charge in [0.25, 0.3) is 5.56 Å². The van der Waals surface area contributed by atoms with Gasteiger partial charge in [-0.15, -0.1) is 0 Å². The van der Waals surface area contributed by atoms with E-state index in [1.165, 1.54) is 0 Å². The van der Waals surface area contributed by atoms with Crippen LogP contribution in [0.5, 0.6) is 0 Å². The molecule has 9 heteroatoms. The van der Waals surface area contributed by atoms with Crippen molar-refractivity contribution in [1.29, 1.82) is 0 Å². The Kier molecular flexibility index (Phi) is 6.46. The Bertz CT molecular complexity index is 1440. The summed E-state index contributed by atoms with van der Waals surface area (Å²) in [7, 11) is -3.50. The van der Waals surface area contributed by atoms with E-state index in [2.05, 4.69) is 4.98 Å². The van der Waals surface area contributed by atoms with Crippen LogP contribution in [-0.2, 0) is 27.8 Å². The van der Waals surface area contributed by atoms with Gasteiger partial charge in [-0.25, -0.2) is 13.4 Å². The van der Waals surface area contributed by atoms with Crippen LogP contribution in [0.2, 0.25) is 0 Å². The van der Waals surface area contributed by atoms with Crippen molar-refractivity contribution in [3.8, 4) is 0 Å². The number of aromatic nitrogens is 2. The third-order valence-corrected chi connectivity index (χ3v) is 8.94. The highest BCUT2D eigenvalue weighted by Gasteiger charge is 2.29. The van der Waals surface area contributed by atoms with Crippen LogP contribution in [0.15, 0.2) is 52.4 Å². The number of amides is 1. The number of piperidine rings is 1. The molecule has 2 aliphatic rings. The molecule has 0 radical (unpaired) electrons. The van der Waals surface area contributed by atoms with E-state index in [9.17, 15) is 18.0 Å². The summed E-state index contributed by atoms with van der Waals surface area (Å²) in [6.45, 7) is 4.02. The van der Waals surface area contributed by atoms with Gasteiger partial charge in [0, 0.05) is 38.3 Å². The van der Waals surface area contributed by atoms with Crippen molar-refractivity contribution in [2.45, 2.75) is 56.9 Å². The maximum absolute atomic E-state index is 13.0.